The zero-order chi connectivity index (χ0) is 19.2. The highest BCUT2D eigenvalue weighted by Gasteiger charge is 2.23. The van der Waals surface area contributed by atoms with Gasteiger partial charge >= 0.3 is 0 Å². The van der Waals surface area contributed by atoms with Crippen LogP contribution in [0.15, 0.2) is 35.3 Å². The van der Waals surface area contributed by atoms with Crippen LogP contribution < -0.4 is 10.6 Å². The van der Waals surface area contributed by atoms with Crippen LogP contribution in [0, 0.1) is 0 Å². The average molecular weight is 518 g/mol. The van der Waals surface area contributed by atoms with E-state index in [2.05, 4.69) is 52.6 Å². The molecule has 3 N–H and O–H groups in total. The number of halogens is 1. The number of aliphatic hydroxyl groups excluding tert-OH is 1. The average Bonchev–Trinajstić information content (AvgIpc) is 3.12. The van der Waals surface area contributed by atoms with Gasteiger partial charge in [0.05, 0.1) is 13.2 Å². The zero-order valence-electron chi connectivity index (χ0n) is 16.7. The van der Waals surface area contributed by atoms with Gasteiger partial charge < -0.3 is 20.5 Å². The summed E-state index contributed by atoms with van der Waals surface area (Å²) < 4.78 is 6.71. The minimum absolute atomic E-state index is 0. The third-order valence-electron chi connectivity index (χ3n) is 5.01. The molecule has 1 saturated heterocycles. The number of guanidine groups is 1. The summed E-state index contributed by atoms with van der Waals surface area (Å²) in [4.78, 5) is 7.70. The summed E-state index contributed by atoms with van der Waals surface area (Å²) >= 11 is 1.63. The van der Waals surface area contributed by atoms with Crippen LogP contribution in [0.4, 0.5) is 0 Å². The van der Waals surface area contributed by atoms with E-state index < -0.39 is 6.10 Å². The van der Waals surface area contributed by atoms with Gasteiger partial charge in [-0.3, -0.25) is 9.89 Å². The summed E-state index contributed by atoms with van der Waals surface area (Å²) in [5, 5.41) is 18.3. The van der Waals surface area contributed by atoms with Crippen LogP contribution in [0.1, 0.15) is 24.8 Å². The van der Waals surface area contributed by atoms with E-state index in [1.54, 1.807) is 18.4 Å². The minimum atomic E-state index is -0.558. The summed E-state index contributed by atoms with van der Waals surface area (Å²) in [5.41, 5.74) is 0. The van der Waals surface area contributed by atoms with Crippen LogP contribution in [-0.4, -0.2) is 67.9 Å². The van der Waals surface area contributed by atoms with Crippen molar-refractivity contribution >= 4 is 51.4 Å². The maximum Gasteiger partial charge on any atom is 0.191 e. The number of ether oxygens (including phenoxy) is 1. The van der Waals surface area contributed by atoms with Crippen molar-refractivity contribution in [3.05, 3.63) is 35.2 Å². The molecule has 1 aromatic heterocycles. The highest BCUT2D eigenvalue weighted by molar-refractivity contribution is 14.0. The number of benzene rings is 1. The Labute approximate surface area is 188 Å². The Hall–Kier alpha value is -0.940. The van der Waals surface area contributed by atoms with Crippen molar-refractivity contribution in [1.29, 1.82) is 0 Å². The van der Waals surface area contributed by atoms with Crippen LogP contribution in [0.3, 0.4) is 0 Å². The van der Waals surface area contributed by atoms with Gasteiger partial charge in [-0.15, -0.1) is 35.3 Å². The molecule has 6 nitrogen and oxygen atoms in total. The van der Waals surface area contributed by atoms with Crippen molar-refractivity contribution in [3.63, 3.8) is 0 Å². The number of hydrogen-bond acceptors (Lipinski definition) is 5. The molecule has 0 spiro atoms. The summed E-state index contributed by atoms with van der Waals surface area (Å²) in [6.45, 7) is 8.18. The topological polar surface area (TPSA) is 69.1 Å². The molecule has 0 saturated carbocycles. The number of morpholine rings is 1. The Morgan fingerprint density at radius 1 is 1.36 bits per heavy atom. The van der Waals surface area contributed by atoms with Crippen molar-refractivity contribution in [2.24, 2.45) is 4.99 Å². The predicted molar refractivity (Wildman–Crippen MR) is 128 cm³/mol. The van der Waals surface area contributed by atoms with Gasteiger partial charge in [0.1, 0.15) is 6.10 Å². The van der Waals surface area contributed by atoms with Gasteiger partial charge in [-0.05, 0) is 31.4 Å². The van der Waals surface area contributed by atoms with E-state index in [0.29, 0.717) is 24.6 Å². The standard InChI is InChI=1S/C20H30N4O2S.HI/c1-14(24-8-9-26-13-15(24)2)11-22-20(21-3)23-12-17(25)19-10-16-6-4-5-7-18(16)27-19;/h4-7,10,14-15,17,25H,8-9,11-13H2,1-3H3,(H2,21,22,23);1H. The molecule has 156 valence electrons. The third kappa shape index (κ3) is 6.03. The molecule has 28 heavy (non-hydrogen) atoms. The first-order valence-corrected chi connectivity index (χ1v) is 10.3. The van der Waals surface area contributed by atoms with Crippen molar-refractivity contribution in [3.8, 4) is 0 Å². The monoisotopic (exact) mass is 518 g/mol. The molecular formula is C20H31IN4O2S. The van der Waals surface area contributed by atoms with E-state index in [1.165, 1.54) is 10.1 Å². The highest BCUT2D eigenvalue weighted by atomic mass is 127. The normalized spacial score (nSPS) is 20.4. The van der Waals surface area contributed by atoms with Gasteiger partial charge in [0.25, 0.3) is 0 Å². The van der Waals surface area contributed by atoms with Gasteiger partial charge in [-0.25, -0.2) is 0 Å². The fourth-order valence-corrected chi connectivity index (χ4v) is 4.49. The number of thiophene rings is 1. The Bertz CT molecular complexity index is 736. The van der Waals surface area contributed by atoms with Crippen LogP contribution in [0.2, 0.25) is 0 Å². The number of nitrogens with zero attached hydrogens (tertiary/aromatic N) is 2. The van der Waals surface area contributed by atoms with E-state index >= 15 is 0 Å². The SMILES string of the molecule is CN=C(NCC(O)c1cc2ccccc2s1)NCC(C)N1CCOCC1C.I. The second kappa shape index (κ2) is 11.3. The molecule has 0 aliphatic carbocycles. The van der Waals surface area contributed by atoms with Gasteiger partial charge in [0, 0.05) is 48.3 Å². The molecule has 8 heteroatoms. The second-order valence-corrected chi connectivity index (χ2v) is 8.16. The lowest BCUT2D eigenvalue weighted by Gasteiger charge is -2.38. The predicted octanol–water partition coefficient (Wildman–Crippen LogP) is 2.83. The van der Waals surface area contributed by atoms with Gasteiger partial charge in [0.2, 0.25) is 0 Å². The number of aliphatic hydroxyl groups is 1. The molecule has 3 rings (SSSR count). The molecular weight excluding hydrogens is 487 g/mol. The summed E-state index contributed by atoms with van der Waals surface area (Å²) in [5.74, 6) is 0.711. The Morgan fingerprint density at radius 2 is 2.11 bits per heavy atom. The summed E-state index contributed by atoms with van der Waals surface area (Å²) in [6.07, 6.45) is -0.558. The van der Waals surface area contributed by atoms with E-state index in [4.69, 9.17) is 4.74 Å². The van der Waals surface area contributed by atoms with E-state index in [9.17, 15) is 5.11 Å². The lowest BCUT2D eigenvalue weighted by molar-refractivity contribution is -0.0174. The first-order valence-electron chi connectivity index (χ1n) is 9.53. The molecule has 1 fully saturated rings. The second-order valence-electron chi connectivity index (χ2n) is 7.05. The van der Waals surface area contributed by atoms with Crippen molar-refractivity contribution < 1.29 is 9.84 Å². The number of rotatable bonds is 6. The first kappa shape index (κ1) is 23.3. The van der Waals surface area contributed by atoms with Gasteiger partial charge in [-0.2, -0.15) is 0 Å². The lowest BCUT2D eigenvalue weighted by Crippen LogP contribution is -2.53. The van der Waals surface area contributed by atoms with Gasteiger partial charge in [-0.1, -0.05) is 18.2 Å². The summed E-state index contributed by atoms with van der Waals surface area (Å²) in [7, 11) is 1.75. The zero-order valence-corrected chi connectivity index (χ0v) is 19.9. The quantitative estimate of drug-likeness (QED) is 0.312. The van der Waals surface area contributed by atoms with Crippen LogP contribution >= 0.6 is 35.3 Å². The maximum absolute atomic E-state index is 10.5. The smallest absolute Gasteiger partial charge is 0.191 e. The molecule has 1 aliphatic heterocycles. The number of hydrogen-bond donors (Lipinski definition) is 3. The third-order valence-corrected chi connectivity index (χ3v) is 6.23. The fourth-order valence-electron chi connectivity index (χ4n) is 3.44. The largest absolute Gasteiger partial charge is 0.386 e. The maximum atomic E-state index is 10.5. The molecule has 3 unspecified atom stereocenters. The van der Waals surface area contributed by atoms with E-state index in [1.807, 2.05) is 12.1 Å². The summed E-state index contributed by atoms with van der Waals surface area (Å²) in [6, 6.07) is 11.1. The van der Waals surface area contributed by atoms with Crippen molar-refractivity contribution in [1.82, 2.24) is 15.5 Å². The molecule has 2 heterocycles. The van der Waals surface area contributed by atoms with Crippen LogP contribution in [0.25, 0.3) is 10.1 Å². The number of fused-ring (bicyclic) bond motifs is 1. The highest BCUT2D eigenvalue weighted by Crippen LogP contribution is 2.29. The molecule has 0 radical (unpaired) electrons. The minimum Gasteiger partial charge on any atom is -0.386 e. The molecule has 1 aromatic carbocycles. The molecule has 0 amide bonds. The Morgan fingerprint density at radius 3 is 2.82 bits per heavy atom. The molecule has 3 atom stereocenters. The fraction of sp³-hybridized carbons (Fsp3) is 0.550. The van der Waals surface area contributed by atoms with Crippen LogP contribution in [-0.2, 0) is 4.74 Å². The van der Waals surface area contributed by atoms with Crippen LogP contribution in [0.5, 0.6) is 0 Å². The molecule has 1 aliphatic rings. The molecule has 2 aromatic rings. The first-order chi connectivity index (χ1) is 13.1. The number of nitrogens with one attached hydrogen (secondary N) is 2. The Balaban J connectivity index is 0.00000280. The van der Waals surface area contributed by atoms with Crippen molar-refractivity contribution in [2.75, 3.05) is 39.9 Å². The lowest BCUT2D eigenvalue weighted by atomic mass is 10.2. The van der Waals surface area contributed by atoms with Gasteiger partial charge in [0.15, 0.2) is 5.96 Å². The van der Waals surface area contributed by atoms with E-state index in [-0.39, 0.29) is 24.0 Å². The Kier molecular flexibility index (Phi) is 9.42. The van der Waals surface area contributed by atoms with Crippen molar-refractivity contribution in [2.45, 2.75) is 32.0 Å². The van der Waals surface area contributed by atoms with E-state index in [0.717, 1.165) is 31.2 Å². The molecule has 0 bridgehead atoms. The number of aliphatic imine (C=N–C) groups is 1.